The van der Waals surface area contributed by atoms with Gasteiger partial charge in [0.15, 0.2) is 0 Å². The first-order chi connectivity index (χ1) is 12.0. The first kappa shape index (κ1) is 17.0. The summed E-state index contributed by atoms with van der Waals surface area (Å²) in [5, 5.41) is 4.78. The van der Waals surface area contributed by atoms with Crippen LogP contribution in [0.15, 0.2) is 48.7 Å². The van der Waals surface area contributed by atoms with Gasteiger partial charge in [0.1, 0.15) is 18.1 Å². The van der Waals surface area contributed by atoms with Crippen molar-refractivity contribution in [2.24, 2.45) is 7.05 Å². The molecule has 0 radical (unpaired) electrons. The molecule has 128 valence electrons. The van der Waals surface area contributed by atoms with Crippen LogP contribution in [0.4, 0.5) is 0 Å². The number of esters is 1. The van der Waals surface area contributed by atoms with Gasteiger partial charge in [-0.05, 0) is 43.3 Å². The molecule has 0 aliphatic heterocycles. The van der Waals surface area contributed by atoms with Gasteiger partial charge in [-0.2, -0.15) is 5.10 Å². The molecule has 0 spiro atoms. The van der Waals surface area contributed by atoms with Gasteiger partial charge in [0.05, 0.1) is 10.6 Å². The maximum Gasteiger partial charge on any atom is 0.338 e. The Bertz CT molecular complexity index is 854. The Labute approximate surface area is 150 Å². The molecule has 0 atom stereocenters. The highest BCUT2D eigenvalue weighted by atomic mass is 35.5. The summed E-state index contributed by atoms with van der Waals surface area (Å²) in [6.45, 7) is 2.07. The minimum absolute atomic E-state index is 0.132. The fourth-order valence-corrected chi connectivity index (χ4v) is 2.24. The van der Waals surface area contributed by atoms with E-state index in [1.54, 1.807) is 41.1 Å². The normalized spacial score (nSPS) is 10.5. The van der Waals surface area contributed by atoms with Crippen molar-refractivity contribution in [3.8, 4) is 11.6 Å². The van der Waals surface area contributed by atoms with Gasteiger partial charge in [0, 0.05) is 25.0 Å². The lowest BCUT2D eigenvalue weighted by Crippen LogP contribution is -2.05. The molecule has 25 heavy (non-hydrogen) atoms. The topological polar surface area (TPSA) is 66.2 Å². The highest BCUT2D eigenvalue weighted by Crippen LogP contribution is 2.21. The third-order valence-corrected chi connectivity index (χ3v) is 3.75. The van der Waals surface area contributed by atoms with Gasteiger partial charge >= 0.3 is 5.97 Å². The smallest absolute Gasteiger partial charge is 0.338 e. The molecule has 0 amide bonds. The summed E-state index contributed by atoms with van der Waals surface area (Å²) in [5.41, 5.74) is 2.15. The molecule has 0 aliphatic rings. The lowest BCUT2D eigenvalue weighted by atomic mass is 10.2. The van der Waals surface area contributed by atoms with Crippen molar-refractivity contribution in [1.29, 1.82) is 0 Å². The first-order valence-corrected chi connectivity index (χ1v) is 7.95. The summed E-state index contributed by atoms with van der Waals surface area (Å²) in [6, 6.07) is 11.9. The number of carbonyl (C=O) groups excluding carboxylic acids is 1. The van der Waals surface area contributed by atoms with Crippen molar-refractivity contribution in [1.82, 2.24) is 14.8 Å². The molecule has 3 rings (SSSR count). The number of hydrogen-bond acceptors (Lipinski definition) is 5. The molecule has 0 saturated carbocycles. The number of benzene rings is 1. The lowest BCUT2D eigenvalue weighted by molar-refractivity contribution is 0.0467. The molecular weight excluding hydrogens is 342 g/mol. The molecule has 0 fully saturated rings. The molecule has 0 aliphatic carbocycles. The molecular formula is C18H16ClN3O3. The number of halogens is 1. The second-order valence-electron chi connectivity index (χ2n) is 5.42. The van der Waals surface area contributed by atoms with Gasteiger partial charge in [-0.1, -0.05) is 11.6 Å². The highest BCUT2D eigenvalue weighted by molar-refractivity contribution is 6.30. The van der Waals surface area contributed by atoms with Gasteiger partial charge in [-0.25, -0.2) is 9.78 Å². The number of hydrogen-bond donors (Lipinski definition) is 0. The zero-order chi connectivity index (χ0) is 17.8. The molecule has 6 nitrogen and oxygen atoms in total. The third kappa shape index (κ3) is 4.36. The van der Waals surface area contributed by atoms with Crippen molar-refractivity contribution >= 4 is 17.6 Å². The van der Waals surface area contributed by atoms with E-state index in [0.29, 0.717) is 27.9 Å². The predicted octanol–water partition coefficient (Wildman–Crippen LogP) is 3.93. The van der Waals surface area contributed by atoms with Gasteiger partial charge in [-0.15, -0.1) is 0 Å². The number of pyridine rings is 1. The van der Waals surface area contributed by atoms with Crippen LogP contribution in [0.2, 0.25) is 5.02 Å². The summed E-state index contributed by atoms with van der Waals surface area (Å²) < 4.78 is 12.6. The second kappa shape index (κ2) is 7.36. The van der Waals surface area contributed by atoms with E-state index in [2.05, 4.69) is 10.1 Å². The Hall–Kier alpha value is -2.86. The van der Waals surface area contributed by atoms with Crippen molar-refractivity contribution in [2.45, 2.75) is 13.5 Å². The van der Waals surface area contributed by atoms with Gasteiger partial charge < -0.3 is 9.47 Å². The fraction of sp³-hybridized carbons (Fsp3) is 0.167. The third-order valence-electron chi connectivity index (χ3n) is 3.53. The molecule has 2 heterocycles. The molecule has 7 heteroatoms. The molecule has 0 N–H and O–H groups in total. The van der Waals surface area contributed by atoms with Gasteiger partial charge in [0.25, 0.3) is 0 Å². The molecule has 3 aromatic rings. The van der Waals surface area contributed by atoms with Crippen LogP contribution in [-0.4, -0.2) is 20.7 Å². The highest BCUT2D eigenvalue weighted by Gasteiger charge is 2.10. The minimum Gasteiger partial charge on any atom is -0.456 e. The van der Waals surface area contributed by atoms with E-state index in [4.69, 9.17) is 21.1 Å². The Kier molecular flexibility index (Phi) is 5.00. The number of aryl methyl sites for hydroxylation is 2. The van der Waals surface area contributed by atoms with Crippen molar-refractivity contribution in [3.05, 3.63) is 70.6 Å². The van der Waals surface area contributed by atoms with E-state index in [0.717, 1.165) is 5.69 Å². The maximum atomic E-state index is 12.1. The van der Waals surface area contributed by atoms with E-state index < -0.39 is 5.97 Å². The van der Waals surface area contributed by atoms with Crippen molar-refractivity contribution < 1.29 is 14.3 Å². The number of nitrogens with zero attached hydrogens (tertiary/aromatic N) is 3. The van der Waals surface area contributed by atoms with Crippen LogP contribution in [-0.2, 0) is 18.4 Å². The van der Waals surface area contributed by atoms with E-state index in [9.17, 15) is 4.79 Å². The van der Waals surface area contributed by atoms with Crippen LogP contribution in [0.3, 0.4) is 0 Å². The quantitative estimate of drug-likeness (QED) is 0.647. The summed E-state index contributed by atoms with van der Waals surface area (Å²) in [6.07, 6.45) is 1.50. The predicted molar refractivity (Wildman–Crippen MR) is 92.8 cm³/mol. The van der Waals surface area contributed by atoms with Crippen LogP contribution >= 0.6 is 11.6 Å². The van der Waals surface area contributed by atoms with E-state index >= 15 is 0 Å². The Morgan fingerprint density at radius 3 is 2.56 bits per heavy atom. The fourth-order valence-electron chi connectivity index (χ4n) is 2.13. The molecule has 0 saturated heterocycles. The molecule has 1 aromatic carbocycles. The monoisotopic (exact) mass is 357 g/mol. The first-order valence-electron chi connectivity index (χ1n) is 7.57. The molecule has 0 unspecified atom stereocenters. The average molecular weight is 358 g/mol. The number of carbonyl (C=O) groups is 1. The average Bonchev–Trinajstić information content (AvgIpc) is 2.93. The SMILES string of the molecule is Cc1cc(COC(=O)c2ccc(Oc3ccc(Cl)cn3)cc2)nn1C. The molecule has 2 aromatic heterocycles. The summed E-state index contributed by atoms with van der Waals surface area (Å²) in [5.74, 6) is 0.566. The van der Waals surface area contributed by atoms with E-state index in [1.807, 2.05) is 20.0 Å². The summed E-state index contributed by atoms with van der Waals surface area (Å²) >= 11 is 5.78. The van der Waals surface area contributed by atoms with Crippen molar-refractivity contribution in [2.75, 3.05) is 0 Å². The number of rotatable bonds is 5. The van der Waals surface area contributed by atoms with Crippen LogP contribution in [0.1, 0.15) is 21.7 Å². The summed E-state index contributed by atoms with van der Waals surface area (Å²) in [4.78, 5) is 16.1. The summed E-state index contributed by atoms with van der Waals surface area (Å²) in [7, 11) is 1.84. The van der Waals surface area contributed by atoms with E-state index in [-0.39, 0.29) is 6.61 Å². The number of ether oxygens (including phenoxy) is 2. The zero-order valence-corrected chi connectivity index (χ0v) is 14.5. The Morgan fingerprint density at radius 1 is 1.20 bits per heavy atom. The number of aromatic nitrogens is 3. The second-order valence-corrected chi connectivity index (χ2v) is 5.85. The van der Waals surface area contributed by atoms with Gasteiger partial charge in [0.2, 0.25) is 5.88 Å². The lowest BCUT2D eigenvalue weighted by Gasteiger charge is -2.06. The van der Waals surface area contributed by atoms with Crippen LogP contribution in [0.25, 0.3) is 0 Å². The van der Waals surface area contributed by atoms with Crippen LogP contribution < -0.4 is 4.74 Å². The van der Waals surface area contributed by atoms with Crippen LogP contribution in [0.5, 0.6) is 11.6 Å². The Morgan fingerprint density at radius 2 is 1.96 bits per heavy atom. The maximum absolute atomic E-state index is 12.1. The van der Waals surface area contributed by atoms with Crippen molar-refractivity contribution in [3.63, 3.8) is 0 Å². The van der Waals surface area contributed by atoms with Gasteiger partial charge in [-0.3, -0.25) is 4.68 Å². The standard InChI is InChI=1S/C18H16ClN3O3/c1-12-9-15(21-22(12)2)11-24-18(23)13-3-6-16(7-4-13)25-17-8-5-14(19)10-20-17/h3-10H,11H2,1-2H3. The van der Waals surface area contributed by atoms with E-state index in [1.165, 1.54) is 6.20 Å². The Balaban J connectivity index is 1.59. The zero-order valence-electron chi connectivity index (χ0n) is 13.8. The molecule has 0 bridgehead atoms. The largest absolute Gasteiger partial charge is 0.456 e. The van der Waals surface area contributed by atoms with Crippen LogP contribution in [0, 0.1) is 6.92 Å². The minimum atomic E-state index is -0.417.